The predicted octanol–water partition coefficient (Wildman–Crippen LogP) is 6.93. The molecule has 0 saturated carbocycles. The van der Waals surface area contributed by atoms with Gasteiger partial charge in [0.2, 0.25) is 0 Å². The van der Waals surface area contributed by atoms with Gasteiger partial charge in [0.1, 0.15) is 0 Å². The van der Waals surface area contributed by atoms with Crippen molar-refractivity contribution in [2.24, 2.45) is 0 Å². The molecule has 3 aromatic rings. The van der Waals surface area contributed by atoms with Crippen molar-refractivity contribution >= 4 is 67.9 Å². The summed E-state index contributed by atoms with van der Waals surface area (Å²) in [7, 11) is 0. The lowest BCUT2D eigenvalue weighted by Gasteiger charge is -2.27. The van der Waals surface area contributed by atoms with Crippen LogP contribution in [0.3, 0.4) is 0 Å². The van der Waals surface area contributed by atoms with Gasteiger partial charge in [-0.3, -0.25) is 0 Å². The predicted molar refractivity (Wildman–Crippen MR) is 128 cm³/mol. The fraction of sp³-hybridized carbons (Fsp3) is 0.273. The van der Waals surface area contributed by atoms with Crippen LogP contribution >= 0.6 is 34.4 Å². The van der Waals surface area contributed by atoms with E-state index >= 15 is 0 Å². The minimum atomic E-state index is 0.917. The summed E-state index contributed by atoms with van der Waals surface area (Å²) in [5.74, 6) is 0. The minimum Gasteiger partial charge on any atom is -0.385 e. The number of anilines is 4. The van der Waals surface area contributed by atoms with Gasteiger partial charge in [-0.1, -0.05) is 17.8 Å². The summed E-state index contributed by atoms with van der Waals surface area (Å²) in [5.41, 5.74) is 4.91. The quantitative estimate of drug-likeness (QED) is 0.297. The second kappa shape index (κ2) is 7.80. The average Bonchev–Trinajstić information content (AvgIpc) is 2.68. The molecule has 27 heavy (non-hydrogen) atoms. The van der Waals surface area contributed by atoms with Crippen molar-refractivity contribution < 1.29 is 0 Å². The van der Waals surface area contributed by atoms with Gasteiger partial charge >= 0.3 is 0 Å². The van der Waals surface area contributed by atoms with Crippen LogP contribution in [-0.4, -0.2) is 19.6 Å². The molecule has 0 radical (unpaired) electrons. The normalized spacial score (nSPS) is 12.3. The summed E-state index contributed by atoms with van der Waals surface area (Å²) in [6.07, 6.45) is 0. The highest BCUT2D eigenvalue weighted by Gasteiger charge is 2.21. The molecule has 0 aliphatic carbocycles. The monoisotopic (exact) mass is 489 g/mol. The average molecular weight is 489 g/mol. The lowest BCUT2D eigenvalue weighted by Crippen LogP contribution is -2.21. The van der Waals surface area contributed by atoms with Gasteiger partial charge in [0.05, 0.1) is 11.4 Å². The van der Waals surface area contributed by atoms with E-state index in [0.717, 1.165) is 19.6 Å². The summed E-state index contributed by atoms with van der Waals surface area (Å²) >= 11 is 4.26. The first kappa shape index (κ1) is 18.7. The van der Waals surface area contributed by atoms with Crippen molar-refractivity contribution in [2.75, 3.05) is 35.2 Å². The smallest absolute Gasteiger partial charge is 0.0607 e. The molecule has 5 heteroatoms. The molecule has 0 spiro atoms. The Bertz CT molecular complexity index is 999. The van der Waals surface area contributed by atoms with E-state index in [4.69, 9.17) is 0 Å². The number of halogens is 1. The standard InChI is InChI=1S/C22H24IN3S/c1-4-24-19-13-21-22(17-11-14(23)7-9-16(17)19)25-18-10-8-15(12-20(18)27-21)26(5-2)6-3/h7-13,24-25H,4-6H2,1-3H3. The first-order valence-electron chi connectivity index (χ1n) is 9.48. The molecule has 0 unspecified atom stereocenters. The molecule has 0 atom stereocenters. The SMILES string of the molecule is CCNc1cc2c(c3cc(I)ccc13)Nc1ccc(N(CC)CC)cc1S2. The number of rotatable bonds is 5. The fourth-order valence-corrected chi connectivity index (χ4v) is 5.23. The molecule has 0 bridgehead atoms. The fourth-order valence-electron chi connectivity index (χ4n) is 3.66. The summed E-state index contributed by atoms with van der Waals surface area (Å²) in [4.78, 5) is 4.97. The zero-order chi connectivity index (χ0) is 19.0. The molecular weight excluding hydrogens is 465 g/mol. The first-order valence-corrected chi connectivity index (χ1v) is 11.4. The molecule has 1 aliphatic rings. The topological polar surface area (TPSA) is 27.3 Å². The van der Waals surface area contributed by atoms with Gasteiger partial charge in [0.15, 0.2) is 0 Å². The molecule has 4 rings (SSSR count). The van der Waals surface area contributed by atoms with Crippen LogP contribution in [0.25, 0.3) is 10.8 Å². The van der Waals surface area contributed by atoms with Gasteiger partial charge in [-0.2, -0.15) is 0 Å². The molecule has 0 saturated heterocycles. The van der Waals surface area contributed by atoms with Crippen molar-refractivity contribution in [2.45, 2.75) is 30.6 Å². The number of hydrogen-bond donors (Lipinski definition) is 2. The van der Waals surface area contributed by atoms with Crippen LogP contribution in [0.2, 0.25) is 0 Å². The van der Waals surface area contributed by atoms with E-state index in [1.54, 1.807) is 0 Å². The van der Waals surface area contributed by atoms with E-state index in [0.29, 0.717) is 0 Å². The second-order valence-corrected chi connectivity index (χ2v) is 8.93. The molecular formula is C22H24IN3S. The summed E-state index contributed by atoms with van der Waals surface area (Å²) in [6.45, 7) is 9.53. The van der Waals surface area contributed by atoms with E-state index in [-0.39, 0.29) is 0 Å². The molecule has 1 heterocycles. The van der Waals surface area contributed by atoms with E-state index in [9.17, 15) is 0 Å². The molecule has 3 nitrogen and oxygen atoms in total. The van der Waals surface area contributed by atoms with Gasteiger partial charge in [-0.05, 0) is 79.8 Å². The van der Waals surface area contributed by atoms with Crippen molar-refractivity contribution in [1.82, 2.24) is 0 Å². The third-order valence-corrected chi connectivity index (χ3v) is 6.77. The molecule has 1 aliphatic heterocycles. The number of hydrogen-bond acceptors (Lipinski definition) is 4. The highest BCUT2D eigenvalue weighted by molar-refractivity contribution is 14.1. The van der Waals surface area contributed by atoms with Gasteiger partial charge in [-0.25, -0.2) is 0 Å². The lowest BCUT2D eigenvalue weighted by atomic mass is 10.1. The van der Waals surface area contributed by atoms with Crippen LogP contribution in [0.4, 0.5) is 22.7 Å². The molecule has 0 aromatic heterocycles. The van der Waals surface area contributed by atoms with Crippen molar-refractivity contribution in [3.8, 4) is 0 Å². The van der Waals surface area contributed by atoms with E-state index in [1.165, 1.54) is 46.9 Å². The second-order valence-electron chi connectivity index (χ2n) is 6.60. The van der Waals surface area contributed by atoms with Gasteiger partial charge in [-0.15, -0.1) is 0 Å². The Hall–Kier alpha value is -1.60. The zero-order valence-electron chi connectivity index (χ0n) is 15.9. The van der Waals surface area contributed by atoms with Crippen LogP contribution in [0.1, 0.15) is 20.8 Å². The van der Waals surface area contributed by atoms with Crippen LogP contribution in [-0.2, 0) is 0 Å². The maximum Gasteiger partial charge on any atom is 0.0607 e. The Labute approximate surface area is 179 Å². The summed E-state index contributed by atoms with van der Waals surface area (Å²) < 4.78 is 1.26. The summed E-state index contributed by atoms with van der Waals surface area (Å²) in [5, 5.41) is 9.80. The highest BCUT2D eigenvalue weighted by Crippen LogP contribution is 2.50. The highest BCUT2D eigenvalue weighted by atomic mass is 127. The first-order chi connectivity index (χ1) is 13.1. The third kappa shape index (κ3) is 3.47. The van der Waals surface area contributed by atoms with Crippen molar-refractivity contribution in [3.63, 3.8) is 0 Å². The van der Waals surface area contributed by atoms with Crippen LogP contribution in [0.5, 0.6) is 0 Å². The molecule has 3 aromatic carbocycles. The Morgan fingerprint density at radius 2 is 1.78 bits per heavy atom. The Kier molecular flexibility index (Phi) is 5.41. The Morgan fingerprint density at radius 1 is 0.963 bits per heavy atom. The van der Waals surface area contributed by atoms with Gasteiger partial charge in [0, 0.05) is 55.1 Å². The van der Waals surface area contributed by atoms with E-state index < -0.39 is 0 Å². The van der Waals surface area contributed by atoms with Crippen LogP contribution in [0.15, 0.2) is 52.3 Å². The minimum absolute atomic E-state index is 0.917. The van der Waals surface area contributed by atoms with Crippen molar-refractivity contribution in [1.29, 1.82) is 0 Å². The maximum absolute atomic E-state index is 3.71. The van der Waals surface area contributed by atoms with Gasteiger partial charge < -0.3 is 15.5 Å². The van der Waals surface area contributed by atoms with Crippen molar-refractivity contribution in [3.05, 3.63) is 46.0 Å². The van der Waals surface area contributed by atoms with E-state index in [1.807, 2.05) is 11.8 Å². The number of nitrogens with zero attached hydrogens (tertiary/aromatic N) is 1. The molecule has 0 amide bonds. The Balaban J connectivity index is 1.83. The number of benzene rings is 3. The largest absolute Gasteiger partial charge is 0.385 e. The molecule has 140 valence electrons. The molecule has 0 fully saturated rings. The zero-order valence-corrected chi connectivity index (χ0v) is 18.9. The third-order valence-electron chi connectivity index (χ3n) is 5.00. The summed E-state index contributed by atoms with van der Waals surface area (Å²) in [6, 6.07) is 15.7. The Morgan fingerprint density at radius 3 is 2.52 bits per heavy atom. The number of nitrogens with one attached hydrogen (secondary N) is 2. The van der Waals surface area contributed by atoms with Gasteiger partial charge in [0.25, 0.3) is 0 Å². The molecule has 2 N–H and O–H groups in total. The van der Waals surface area contributed by atoms with Crippen LogP contribution in [0, 0.1) is 3.57 Å². The van der Waals surface area contributed by atoms with E-state index in [2.05, 4.69) is 101 Å². The lowest BCUT2D eigenvalue weighted by molar-refractivity contribution is 0.864. The number of fused-ring (bicyclic) bond motifs is 4. The van der Waals surface area contributed by atoms with Crippen LogP contribution < -0.4 is 15.5 Å². The maximum atomic E-state index is 3.71.